The molecule has 129 heavy (non-hydrogen) atoms. The highest BCUT2D eigenvalue weighted by molar-refractivity contribution is 8.00. The van der Waals surface area contributed by atoms with Crippen LogP contribution in [0.2, 0.25) is 0 Å². The summed E-state index contributed by atoms with van der Waals surface area (Å²) in [7, 11) is 0. The number of hydrogen-bond acceptors (Lipinski definition) is 26. The number of imidazole rings is 3. The number of primary amides is 1. The van der Waals surface area contributed by atoms with Crippen molar-refractivity contribution in [2.45, 2.75) is 171 Å². The molecule has 1 saturated heterocycles. The first kappa shape index (κ1) is 101. The lowest BCUT2D eigenvalue weighted by molar-refractivity contribution is -0.141. The minimum absolute atomic E-state index is 0.0442. The number of phenolic OH excluding ortho intramolecular Hbond substituents is 3. The zero-order chi connectivity index (χ0) is 94.4. The number of carbonyl (C=O) groups excluding carboxylic acids is 16. The number of nitrogens with one attached hydrogen (secondary N) is 20. The number of aromatic amines is 3. The molecule has 0 spiro atoms. The van der Waals surface area contributed by atoms with E-state index in [1.807, 2.05) is 0 Å². The third kappa shape index (κ3) is 35.7. The first-order valence-electron chi connectivity index (χ1n) is 40.8. The summed E-state index contributed by atoms with van der Waals surface area (Å²) in [6.07, 6.45) is 3.80. The molecular weight excluding hydrogens is 1710 g/mol. The van der Waals surface area contributed by atoms with Crippen molar-refractivity contribution in [3.63, 3.8) is 0 Å². The van der Waals surface area contributed by atoms with Crippen molar-refractivity contribution in [2.24, 2.45) is 23.3 Å². The molecule has 47 nitrogen and oxygen atoms in total. The van der Waals surface area contributed by atoms with Crippen LogP contribution in [0.15, 0.2) is 110 Å². The number of hydrogen-bond donors (Lipinski definition) is 27. The lowest BCUT2D eigenvalue weighted by Gasteiger charge is -2.28. The highest BCUT2D eigenvalue weighted by Gasteiger charge is 2.39. The van der Waals surface area contributed by atoms with Crippen LogP contribution in [-0.2, 0) is 120 Å². The van der Waals surface area contributed by atoms with Crippen LogP contribution in [0.5, 0.6) is 17.2 Å². The molecule has 16 amide bonds. The van der Waals surface area contributed by atoms with Crippen LogP contribution in [0.4, 0.5) is 0 Å². The van der Waals surface area contributed by atoms with E-state index in [0.29, 0.717) is 16.7 Å². The van der Waals surface area contributed by atoms with E-state index in [2.05, 4.69) is 115 Å². The van der Waals surface area contributed by atoms with Gasteiger partial charge in [0, 0.05) is 69.4 Å². The van der Waals surface area contributed by atoms with Gasteiger partial charge in [0.25, 0.3) is 0 Å². The number of nitrogens with zero attached hydrogens (tertiary/aromatic N) is 3. The number of rotatable bonds is 26. The quantitative estimate of drug-likeness (QED) is 0.0136. The van der Waals surface area contributed by atoms with Gasteiger partial charge in [-0.15, -0.1) is 11.8 Å². The second-order valence-electron chi connectivity index (χ2n) is 31.0. The topological polar surface area (TPSA) is 746 Å². The van der Waals surface area contributed by atoms with Gasteiger partial charge in [-0.2, -0.15) is 0 Å². The third-order valence-corrected chi connectivity index (χ3v) is 20.5. The number of aromatic hydroxyl groups is 3. The summed E-state index contributed by atoms with van der Waals surface area (Å²) >= 11 is 0.717. The average molecular weight is 1820 g/mol. The highest BCUT2D eigenvalue weighted by atomic mass is 32.2. The second kappa shape index (κ2) is 51.0. The van der Waals surface area contributed by atoms with Gasteiger partial charge in [-0.25, -0.2) is 15.0 Å². The van der Waals surface area contributed by atoms with E-state index in [9.17, 15) is 87.9 Å². The van der Waals surface area contributed by atoms with Gasteiger partial charge in [-0.05, 0) is 90.6 Å². The number of H-pyrrole nitrogens is 3. The molecule has 7 rings (SSSR count). The Kier molecular flexibility index (Phi) is 40.1. The van der Waals surface area contributed by atoms with Crippen molar-refractivity contribution in [3.8, 4) is 17.2 Å². The van der Waals surface area contributed by atoms with Gasteiger partial charge in [-0.1, -0.05) is 64.1 Å². The summed E-state index contributed by atoms with van der Waals surface area (Å²) in [6, 6.07) is -4.22. The minimum atomic E-state index is -1.96. The maximum atomic E-state index is 15.3. The predicted molar refractivity (Wildman–Crippen MR) is 458 cm³/mol. The normalized spacial score (nSPS) is 22.3. The van der Waals surface area contributed by atoms with E-state index in [-0.39, 0.29) is 79.4 Å². The molecule has 4 heterocycles. The molecule has 0 saturated carbocycles. The van der Waals surface area contributed by atoms with Crippen LogP contribution in [0.1, 0.15) is 93.6 Å². The molecule has 696 valence electrons. The largest absolute Gasteiger partial charge is 0.508 e. The monoisotopic (exact) mass is 1820 g/mol. The summed E-state index contributed by atoms with van der Waals surface area (Å²) in [4.78, 5) is 262. The van der Waals surface area contributed by atoms with Crippen molar-refractivity contribution in [1.82, 2.24) is 115 Å². The summed E-state index contributed by atoms with van der Waals surface area (Å²) in [5, 5.41) is 98.9. The number of aliphatic carboxylic acids is 1. The molecule has 1 aliphatic heterocycles. The number of carboxylic acid groups (broad SMARTS) is 1. The number of aliphatic hydroxyl groups is 1. The smallest absolute Gasteiger partial charge is 0.305 e. The number of carboxylic acids is 1. The number of benzene rings is 3. The Morgan fingerprint density at radius 2 is 0.767 bits per heavy atom. The maximum absolute atomic E-state index is 15.3. The molecule has 0 bridgehead atoms. The number of aromatic nitrogens is 6. The zero-order valence-corrected chi connectivity index (χ0v) is 71.6. The number of nitrogens with two attached hydrogens (primary N) is 2. The molecule has 12 atom stereocenters. The van der Waals surface area contributed by atoms with Crippen molar-refractivity contribution in [1.29, 1.82) is 5.41 Å². The lowest BCUT2D eigenvalue weighted by atomic mass is 10.0. The van der Waals surface area contributed by atoms with Gasteiger partial charge in [0.05, 0.1) is 74.5 Å². The molecule has 1 aliphatic rings. The number of carbonyl (C=O) groups is 17. The van der Waals surface area contributed by atoms with Crippen LogP contribution in [0.25, 0.3) is 0 Å². The molecule has 0 radical (unpaired) electrons. The van der Waals surface area contributed by atoms with E-state index >= 15 is 19.2 Å². The molecule has 29 N–H and O–H groups in total. The van der Waals surface area contributed by atoms with Crippen LogP contribution >= 0.6 is 11.8 Å². The molecule has 48 heteroatoms. The summed E-state index contributed by atoms with van der Waals surface area (Å²) in [5.74, 6) is -21.7. The lowest BCUT2D eigenvalue weighted by Crippen LogP contribution is -2.61. The Hall–Kier alpha value is -14.7. The van der Waals surface area contributed by atoms with E-state index in [4.69, 9.17) is 16.9 Å². The maximum Gasteiger partial charge on any atom is 0.305 e. The van der Waals surface area contributed by atoms with Crippen LogP contribution < -0.4 is 96.5 Å². The van der Waals surface area contributed by atoms with Crippen molar-refractivity contribution >= 4 is 118 Å². The Balaban J connectivity index is 1.28. The number of thioether (sulfide) groups is 1. The van der Waals surface area contributed by atoms with Gasteiger partial charge in [0.2, 0.25) is 94.5 Å². The molecule has 0 unspecified atom stereocenters. The van der Waals surface area contributed by atoms with Gasteiger partial charge in [0.1, 0.15) is 89.8 Å². The molecule has 6 aromatic rings. The van der Waals surface area contributed by atoms with E-state index in [0.717, 1.165) is 11.8 Å². The predicted octanol–water partition coefficient (Wildman–Crippen LogP) is -7.05. The van der Waals surface area contributed by atoms with Crippen molar-refractivity contribution in [2.75, 3.05) is 44.3 Å². The second-order valence-corrected chi connectivity index (χ2v) is 32.0. The number of phenols is 3. The zero-order valence-electron chi connectivity index (χ0n) is 70.8. The fourth-order valence-corrected chi connectivity index (χ4v) is 13.8. The van der Waals surface area contributed by atoms with Gasteiger partial charge in [0.15, 0.2) is 5.96 Å². The summed E-state index contributed by atoms with van der Waals surface area (Å²) in [6.45, 7) is 2.71. The Labute approximate surface area is 742 Å². The first-order chi connectivity index (χ1) is 61.4. The van der Waals surface area contributed by atoms with Crippen LogP contribution in [-0.4, -0.2) is 279 Å². The molecule has 3 aromatic carbocycles. The fourth-order valence-electron chi connectivity index (χ4n) is 13.0. The molecule has 3 aromatic heterocycles. The highest BCUT2D eigenvalue weighted by Crippen LogP contribution is 2.19. The standard InChI is InChI=1S/C81H109N25O22S/c1-41(2)20-53-69(117)90-34-66(113)97-63(71(119)89-32-64(82)111)36-129-37-67(114)96-56(23-44-9-15-50(109)16-10-44)74(122)103-60(27-48-31-87-40-94-48)78(126)105-59(26-47-30-86-39-93-47)77(125)102-57(24-45-11-17-51(110)18-12-45)75(123)104-58(25-46-29-85-38-92-46)76(124)98-52(6-5-19-88-81(83)84)72(120)106-62(35-107)80(128)100-54(21-42(3)4)73(121)101-55(22-43-7-13-49(108)14-8-43)70(118)91-33-65(112)95-61(28-68(115)116)79(127)99-53/h7-18,29-31,38-42,52-63,107-110H,5-6,19-28,32-37H2,1-4H3,(H2,82,111)(H,85,92)(H,86,93)(H,87,94)(H,89,119)(H,90,117)(H,91,118)(H,95,112)(H,96,114)(H,97,113)(H,98,124)(H,99,127)(H,100,128)(H,101,121)(H,102,125)(H,103,122)(H,104,123)(H,105,126)(H,106,120)(H,115,116)(H4,83,84,88)/t52-,53-,54-,55-,56-,57-,58-,59-,60-,61-,62-,63-/m0/s1. The van der Waals surface area contributed by atoms with Crippen LogP contribution in [0.3, 0.4) is 0 Å². The summed E-state index contributed by atoms with van der Waals surface area (Å²) < 4.78 is 0. The SMILES string of the molecule is CC(C)C[C@@H]1NC(=O)[C@H](CC(=O)O)NC(=O)CNC(=O)[C@H](Cc2ccc(O)cc2)NC(=O)[C@H](CC(C)C)NC(=O)[C@H](CO)NC(=O)[C@H](CCCNC(=N)N)NC(=O)[C@H](Cc2c[nH]cn2)NC(=O)[C@H](Cc2ccc(O)cc2)NC(=O)[C@H](Cc2c[nH]cn2)NC(=O)[C@H](Cc2c[nH]cn2)NC(=O)[C@H](Cc2ccc(O)cc2)NC(=O)CSC[C@@H](C(=O)NCC(N)=O)NC(=O)CNC1=O. The average Bonchev–Trinajstić information content (AvgIpc) is 1.76. The van der Waals surface area contributed by atoms with E-state index < -0.39 is 261 Å². The Bertz CT molecular complexity index is 4830. The minimum Gasteiger partial charge on any atom is -0.508 e. The van der Waals surface area contributed by atoms with Crippen LogP contribution in [0, 0.1) is 17.2 Å². The molecule has 0 aliphatic carbocycles. The summed E-state index contributed by atoms with van der Waals surface area (Å²) in [5.41, 5.74) is 12.4. The van der Waals surface area contributed by atoms with Crippen molar-refractivity contribution in [3.05, 3.63) is 144 Å². The van der Waals surface area contributed by atoms with Gasteiger partial charge in [-0.3, -0.25) is 86.9 Å². The van der Waals surface area contributed by atoms with E-state index in [1.165, 1.54) is 110 Å². The number of amides is 16. The Morgan fingerprint density at radius 3 is 1.16 bits per heavy atom. The van der Waals surface area contributed by atoms with Gasteiger partial charge >= 0.3 is 5.97 Å². The molecular formula is C81H109N25O22S. The van der Waals surface area contributed by atoms with Crippen molar-refractivity contribution < 1.29 is 107 Å². The fraction of sp³-hybridized carbons (Fsp3) is 0.444. The third-order valence-electron chi connectivity index (χ3n) is 19.4. The number of guanidine groups is 1. The molecule has 1 fully saturated rings. The first-order valence-corrected chi connectivity index (χ1v) is 42.0. The number of aliphatic hydroxyl groups excluding tert-OH is 1. The Morgan fingerprint density at radius 1 is 0.434 bits per heavy atom. The van der Waals surface area contributed by atoms with Gasteiger partial charge < -0.3 is 137 Å². The van der Waals surface area contributed by atoms with E-state index in [1.54, 1.807) is 27.7 Å².